The molecular formula is C44H72N12O30P2. The molecule has 44 heteroatoms. The van der Waals surface area contributed by atoms with E-state index >= 15 is 0 Å². The highest BCUT2D eigenvalue weighted by molar-refractivity contribution is 7.46. The van der Waals surface area contributed by atoms with E-state index in [4.69, 9.17) is 16.6 Å². The molecule has 0 rings (SSSR count). The van der Waals surface area contributed by atoms with Gasteiger partial charge in [-0.05, 0) is 39.0 Å². The van der Waals surface area contributed by atoms with Crippen molar-refractivity contribution >= 4 is 110 Å². The second-order valence-corrected chi connectivity index (χ2v) is 21.5. The lowest BCUT2D eigenvalue weighted by Gasteiger charge is -2.28. The maximum absolute atomic E-state index is 13.9. The summed E-state index contributed by atoms with van der Waals surface area (Å²) in [7, 11) is -11.2. The lowest BCUT2D eigenvalue weighted by Crippen LogP contribution is -2.62. The molecule has 0 saturated carbocycles. The van der Waals surface area contributed by atoms with Crippen LogP contribution in [0.15, 0.2) is 0 Å². The maximum atomic E-state index is 13.9. The van der Waals surface area contributed by atoms with Gasteiger partial charge < -0.3 is 115 Å². The third kappa shape index (κ3) is 33.0. The van der Waals surface area contributed by atoms with Gasteiger partial charge in [0.25, 0.3) is 0 Å². The van der Waals surface area contributed by atoms with Crippen LogP contribution in [0.1, 0.15) is 85.5 Å². The smallest absolute Gasteiger partial charge is 0.469 e. The first kappa shape index (κ1) is 79.7. The van der Waals surface area contributed by atoms with E-state index in [1.54, 1.807) is 6.92 Å². The summed E-state index contributed by atoms with van der Waals surface area (Å²) in [5, 5.41) is 77.0. The number of aliphatic hydroxyl groups is 1. The zero-order chi connectivity index (χ0) is 68.1. The van der Waals surface area contributed by atoms with Gasteiger partial charge in [-0.25, -0.2) is 9.13 Å². The zero-order valence-corrected chi connectivity index (χ0v) is 48.9. The minimum atomic E-state index is -5.65. The number of amides is 11. The van der Waals surface area contributed by atoms with Gasteiger partial charge in [0.05, 0.1) is 44.7 Å². The van der Waals surface area contributed by atoms with Crippen LogP contribution in [-0.4, -0.2) is 231 Å². The number of phosphoric ester groups is 2. The van der Waals surface area contributed by atoms with Crippen molar-refractivity contribution in [2.45, 2.75) is 152 Å². The van der Waals surface area contributed by atoms with Crippen molar-refractivity contribution in [1.29, 1.82) is 0 Å². The van der Waals surface area contributed by atoms with Crippen molar-refractivity contribution in [3.05, 3.63) is 0 Å². The van der Waals surface area contributed by atoms with Crippen molar-refractivity contribution in [2.75, 3.05) is 19.8 Å². The molecule has 0 saturated heterocycles. The van der Waals surface area contributed by atoms with Gasteiger partial charge in [0.2, 0.25) is 65.0 Å². The van der Waals surface area contributed by atoms with Crippen LogP contribution in [0.3, 0.4) is 0 Å². The molecule has 0 spiro atoms. The molecule has 0 aromatic rings. The SMILES string of the molecule is CC[C@H](C)[C@H](NC(=O)[C@@H](N)CC(=O)O)C(=O)NCC(=O)N[C@@H](COP(=O)(O)O)C(=O)N[C@@H](CCC(=O)O)C(=O)N[C@@H](COP(=O)(O)O)C(=O)N[C@H](C(=O)N[C@@H](CCC(=O)O)C(=O)N[C@@H](CC(=O)O)C(=O)N[C@@H](CCC(N)=O)C(=O)N[C@@H](C)C(=O)O)[C@@H](C)O. The fourth-order valence-corrected chi connectivity index (χ4v) is 7.56. The number of hydrogen-bond acceptors (Lipinski definition) is 22. The summed E-state index contributed by atoms with van der Waals surface area (Å²) in [5.41, 5.74) is 10.7. The summed E-state index contributed by atoms with van der Waals surface area (Å²) in [6.07, 6.45) is -9.22. The maximum Gasteiger partial charge on any atom is 0.469 e. The Balaban J connectivity index is 7.01. The van der Waals surface area contributed by atoms with E-state index in [2.05, 4.69) is 19.7 Å². The number of nitrogens with one attached hydrogen (secondary N) is 10. The Bertz CT molecular complexity index is 2670. The molecule has 0 aromatic carbocycles. The van der Waals surface area contributed by atoms with Gasteiger partial charge in [-0.15, -0.1) is 0 Å². The molecular weight excluding hydrogens is 1240 g/mol. The quantitative estimate of drug-likeness (QED) is 0.0252. The molecule has 498 valence electrons. The number of carbonyl (C=O) groups is 16. The summed E-state index contributed by atoms with van der Waals surface area (Å²) in [5.74, 6) is -24.3. The van der Waals surface area contributed by atoms with Crippen molar-refractivity contribution in [3.63, 3.8) is 0 Å². The number of nitrogens with two attached hydrogens (primary N) is 2. The Labute approximate surface area is 496 Å². The van der Waals surface area contributed by atoms with E-state index in [1.807, 2.05) is 42.5 Å². The summed E-state index contributed by atoms with van der Waals surface area (Å²) < 4.78 is 32.1. The normalized spacial score (nSPS) is 15.4. The Morgan fingerprint density at radius 1 is 0.455 bits per heavy atom. The molecule has 0 aliphatic rings. The van der Waals surface area contributed by atoms with Crippen molar-refractivity contribution in [2.24, 2.45) is 17.4 Å². The predicted molar refractivity (Wildman–Crippen MR) is 285 cm³/mol. The van der Waals surface area contributed by atoms with E-state index in [-0.39, 0.29) is 6.42 Å². The molecule has 88 heavy (non-hydrogen) atoms. The molecule has 0 aliphatic carbocycles. The molecule has 0 radical (unpaired) electrons. The number of primary amides is 1. The first-order chi connectivity index (χ1) is 40.5. The Kier molecular flexibility index (Phi) is 34.4. The predicted octanol–water partition coefficient (Wildman–Crippen LogP) is -9.51. The average molecular weight is 1310 g/mol. The molecule has 42 nitrogen and oxygen atoms in total. The third-order valence-corrected chi connectivity index (χ3v) is 12.7. The van der Waals surface area contributed by atoms with E-state index in [9.17, 15) is 131 Å². The number of carbonyl (C=O) groups excluding carboxylic acids is 11. The second kappa shape index (κ2) is 38.0. The molecule has 0 aromatic heterocycles. The van der Waals surface area contributed by atoms with Gasteiger partial charge in [0.1, 0.15) is 54.4 Å². The second-order valence-electron chi connectivity index (χ2n) is 19.1. The molecule has 12 atom stereocenters. The highest BCUT2D eigenvalue weighted by Crippen LogP contribution is 2.36. The van der Waals surface area contributed by atoms with Crippen molar-refractivity contribution in [1.82, 2.24) is 53.2 Å². The third-order valence-electron chi connectivity index (χ3n) is 11.7. The van der Waals surface area contributed by atoms with E-state index in [1.165, 1.54) is 6.92 Å². The largest absolute Gasteiger partial charge is 0.481 e. The van der Waals surface area contributed by atoms with Crippen LogP contribution in [0.25, 0.3) is 0 Å². The van der Waals surface area contributed by atoms with Gasteiger partial charge in [-0.2, -0.15) is 0 Å². The van der Waals surface area contributed by atoms with Gasteiger partial charge >= 0.3 is 45.5 Å². The average Bonchev–Trinajstić information content (AvgIpc) is 3.00. The lowest BCUT2D eigenvalue weighted by atomic mass is 9.97. The number of aliphatic carboxylic acids is 5. The minimum Gasteiger partial charge on any atom is -0.481 e. The molecule has 11 amide bonds. The number of hydrogen-bond donors (Lipinski definition) is 22. The molecule has 0 bridgehead atoms. The van der Waals surface area contributed by atoms with E-state index in [0.717, 1.165) is 13.8 Å². The zero-order valence-electron chi connectivity index (χ0n) is 47.1. The van der Waals surface area contributed by atoms with Gasteiger partial charge in [-0.3, -0.25) is 85.8 Å². The van der Waals surface area contributed by atoms with E-state index < -0.39 is 254 Å². The monoisotopic (exact) mass is 1310 g/mol. The summed E-state index contributed by atoms with van der Waals surface area (Å²) >= 11 is 0. The van der Waals surface area contributed by atoms with Crippen LogP contribution in [0.4, 0.5) is 0 Å². The van der Waals surface area contributed by atoms with Crippen LogP contribution < -0.4 is 64.6 Å². The fraction of sp³-hybridized carbons (Fsp3) is 0.636. The van der Waals surface area contributed by atoms with Crippen LogP contribution in [-0.2, 0) is 94.9 Å². The highest BCUT2D eigenvalue weighted by atomic mass is 31.2. The molecule has 0 heterocycles. The first-order valence-electron chi connectivity index (χ1n) is 25.7. The van der Waals surface area contributed by atoms with Crippen LogP contribution in [0, 0.1) is 5.92 Å². The number of aliphatic hydroxyl groups excluding tert-OH is 1. The summed E-state index contributed by atoms with van der Waals surface area (Å²) in [4.78, 5) is 241. The Hall–Kier alpha value is -8.34. The van der Waals surface area contributed by atoms with Crippen LogP contribution in [0.2, 0.25) is 0 Å². The van der Waals surface area contributed by atoms with Gasteiger partial charge in [0.15, 0.2) is 0 Å². The highest BCUT2D eigenvalue weighted by Gasteiger charge is 2.38. The fourth-order valence-electron chi connectivity index (χ4n) is 6.87. The molecule has 0 unspecified atom stereocenters. The Morgan fingerprint density at radius 3 is 1.24 bits per heavy atom. The van der Waals surface area contributed by atoms with Crippen LogP contribution >= 0.6 is 15.6 Å². The first-order valence-corrected chi connectivity index (χ1v) is 28.8. The number of carboxylic acid groups (broad SMARTS) is 5. The Morgan fingerprint density at radius 2 is 0.830 bits per heavy atom. The standard InChI is InChI=1S/C44H72N12O30P2/c1-5-17(2)33(55-35(68)20(45)12-31(64)65)42(75)47-14-28(59)49-25(15-85-87(79,80)81)40(73)51-22(7-10-29(60)61)38(71)54-26(16-86-88(82,83)84)41(74)56-34(19(4)57)43(76)52-23(8-11-30(62)63)37(70)53-24(13-32(66)67)39(72)50-21(6-9-27(46)58)36(69)48-18(3)44(77)78/h17-26,33-34,57H,5-16,45H2,1-4H3,(H2,46,58)(H,47,75)(H,48,69)(H,49,59)(H,50,72)(H,51,73)(H,52,76)(H,53,70)(H,54,71)(H,55,68)(H,56,74)(H,60,61)(H,62,63)(H,64,65)(H,66,67)(H,77,78)(H2,79,80,81)(H2,82,83,84)/t17-,18-,19+,20-,21-,22-,23-,24-,25-,26-,33-,34-/m0/s1. The van der Waals surface area contributed by atoms with Gasteiger partial charge in [0, 0.05) is 19.3 Å². The van der Waals surface area contributed by atoms with E-state index in [0.29, 0.717) is 0 Å². The number of rotatable bonds is 43. The topological polar surface area (TPSA) is 700 Å². The van der Waals surface area contributed by atoms with Crippen molar-refractivity contribution in [3.8, 4) is 0 Å². The number of carboxylic acids is 5. The molecule has 0 aliphatic heterocycles. The minimum absolute atomic E-state index is 0.212. The lowest BCUT2D eigenvalue weighted by molar-refractivity contribution is -0.143. The molecule has 0 fully saturated rings. The molecule has 24 N–H and O–H groups in total. The van der Waals surface area contributed by atoms with Crippen LogP contribution in [0.5, 0.6) is 0 Å². The summed E-state index contributed by atoms with van der Waals surface area (Å²) in [6.45, 7) is 0.746. The van der Waals surface area contributed by atoms with Crippen molar-refractivity contribution < 1.29 is 145 Å². The van der Waals surface area contributed by atoms with Gasteiger partial charge in [-0.1, -0.05) is 20.3 Å². The summed E-state index contributed by atoms with van der Waals surface area (Å²) in [6, 6.07) is -20.2. The number of phosphoric acid groups is 2.